The van der Waals surface area contributed by atoms with E-state index in [-0.39, 0.29) is 0 Å². The van der Waals surface area contributed by atoms with Crippen molar-refractivity contribution < 1.29 is 5.11 Å². The van der Waals surface area contributed by atoms with Gasteiger partial charge in [0.15, 0.2) is 0 Å². The molecule has 0 aromatic carbocycles. The first-order chi connectivity index (χ1) is 8.56. The molecule has 3 atom stereocenters. The van der Waals surface area contributed by atoms with Crippen LogP contribution < -0.4 is 10.6 Å². The maximum absolute atomic E-state index is 9.75. The Kier molecular flexibility index (Phi) is 5.05. The fraction of sp³-hybridized carbons (Fsp3) is 1.00. The maximum Gasteiger partial charge on any atom is 0.0603 e. The van der Waals surface area contributed by atoms with E-state index >= 15 is 0 Å². The van der Waals surface area contributed by atoms with Crippen LogP contribution in [0, 0.1) is 5.92 Å². The fourth-order valence-corrected chi connectivity index (χ4v) is 3.53. The first-order valence-corrected chi connectivity index (χ1v) is 7.75. The Hall–Kier alpha value is -0.120. The molecule has 3 N–H and O–H groups in total. The summed E-state index contributed by atoms with van der Waals surface area (Å²) in [6, 6.07) is 1.41. The molecule has 2 aliphatic rings. The minimum absolute atomic E-state index is 0.538. The molecular weight excluding hydrogens is 224 g/mol. The molecular formula is C15H30N2O. The van der Waals surface area contributed by atoms with Crippen LogP contribution in [0.15, 0.2) is 0 Å². The average molecular weight is 254 g/mol. The Balaban J connectivity index is 1.76. The van der Waals surface area contributed by atoms with Gasteiger partial charge in [-0.3, -0.25) is 0 Å². The Labute approximate surface area is 112 Å². The number of nitrogens with one attached hydrogen (secondary N) is 2. The van der Waals surface area contributed by atoms with Crippen molar-refractivity contribution in [2.45, 2.75) is 76.5 Å². The van der Waals surface area contributed by atoms with Gasteiger partial charge in [-0.15, -0.1) is 0 Å². The highest BCUT2D eigenvalue weighted by atomic mass is 16.3. The van der Waals surface area contributed by atoms with E-state index in [9.17, 15) is 5.11 Å². The summed E-state index contributed by atoms with van der Waals surface area (Å²) in [6.07, 6.45) is 8.99. The van der Waals surface area contributed by atoms with Crippen LogP contribution in [0.2, 0.25) is 0 Å². The molecule has 0 spiro atoms. The zero-order chi connectivity index (χ0) is 13.0. The van der Waals surface area contributed by atoms with E-state index in [0.717, 1.165) is 24.9 Å². The lowest BCUT2D eigenvalue weighted by Gasteiger charge is -2.33. The first-order valence-electron chi connectivity index (χ1n) is 7.75. The van der Waals surface area contributed by atoms with Crippen LogP contribution in [0.25, 0.3) is 0 Å². The van der Waals surface area contributed by atoms with Gasteiger partial charge in [0.2, 0.25) is 0 Å². The summed E-state index contributed by atoms with van der Waals surface area (Å²) in [4.78, 5) is 0. The standard InChI is InChI=1S/C15H30N2O/c1-15(2,18)9-11-17-14-8-5-6-12(14)13-7-3-4-10-16-13/h12-14,16-18H,3-11H2,1-2H3. The van der Waals surface area contributed by atoms with Gasteiger partial charge in [0.1, 0.15) is 0 Å². The predicted octanol–water partition coefficient (Wildman–Crippen LogP) is 2.05. The van der Waals surface area contributed by atoms with Gasteiger partial charge < -0.3 is 15.7 Å². The van der Waals surface area contributed by atoms with Gasteiger partial charge in [-0.05, 0) is 65.0 Å². The lowest BCUT2D eigenvalue weighted by molar-refractivity contribution is 0.0695. The fourth-order valence-electron chi connectivity index (χ4n) is 3.53. The minimum Gasteiger partial charge on any atom is -0.390 e. The van der Waals surface area contributed by atoms with E-state index in [1.54, 1.807) is 0 Å². The van der Waals surface area contributed by atoms with Crippen molar-refractivity contribution in [1.82, 2.24) is 10.6 Å². The largest absolute Gasteiger partial charge is 0.390 e. The highest BCUT2D eigenvalue weighted by molar-refractivity contribution is 4.92. The zero-order valence-electron chi connectivity index (χ0n) is 12.0. The Morgan fingerprint density at radius 2 is 2.00 bits per heavy atom. The molecule has 1 aliphatic carbocycles. The second kappa shape index (κ2) is 6.36. The minimum atomic E-state index is -0.538. The molecule has 0 amide bonds. The number of rotatable bonds is 5. The van der Waals surface area contributed by atoms with Gasteiger partial charge in [0.05, 0.1) is 5.60 Å². The van der Waals surface area contributed by atoms with Crippen molar-refractivity contribution in [3.8, 4) is 0 Å². The summed E-state index contributed by atoms with van der Waals surface area (Å²) in [7, 11) is 0. The molecule has 1 aliphatic heterocycles. The van der Waals surface area contributed by atoms with Gasteiger partial charge in [0.25, 0.3) is 0 Å². The van der Waals surface area contributed by atoms with Crippen LogP contribution in [-0.2, 0) is 0 Å². The highest BCUT2D eigenvalue weighted by Gasteiger charge is 2.33. The molecule has 1 saturated carbocycles. The van der Waals surface area contributed by atoms with Crippen LogP contribution >= 0.6 is 0 Å². The lowest BCUT2D eigenvalue weighted by Crippen LogP contribution is -2.47. The van der Waals surface area contributed by atoms with Crippen molar-refractivity contribution >= 4 is 0 Å². The van der Waals surface area contributed by atoms with E-state index in [2.05, 4.69) is 10.6 Å². The van der Waals surface area contributed by atoms with Gasteiger partial charge >= 0.3 is 0 Å². The summed E-state index contributed by atoms with van der Waals surface area (Å²) in [5.41, 5.74) is -0.538. The summed E-state index contributed by atoms with van der Waals surface area (Å²) < 4.78 is 0. The SMILES string of the molecule is CC(C)(O)CCNC1CCCC1C1CCCCN1. The highest BCUT2D eigenvalue weighted by Crippen LogP contribution is 2.31. The summed E-state index contributed by atoms with van der Waals surface area (Å²) >= 11 is 0. The van der Waals surface area contributed by atoms with Crippen LogP contribution in [0.3, 0.4) is 0 Å². The quantitative estimate of drug-likeness (QED) is 0.703. The summed E-state index contributed by atoms with van der Waals surface area (Å²) in [5.74, 6) is 0.812. The molecule has 3 unspecified atom stereocenters. The molecule has 1 saturated heterocycles. The van der Waals surface area contributed by atoms with Crippen LogP contribution in [0.4, 0.5) is 0 Å². The van der Waals surface area contributed by atoms with Gasteiger partial charge in [-0.2, -0.15) is 0 Å². The maximum atomic E-state index is 9.75. The normalized spacial score (nSPS) is 33.8. The topological polar surface area (TPSA) is 44.3 Å². The zero-order valence-corrected chi connectivity index (χ0v) is 12.0. The van der Waals surface area contributed by atoms with Crippen molar-refractivity contribution in [2.75, 3.05) is 13.1 Å². The number of piperidine rings is 1. The molecule has 18 heavy (non-hydrogen) atoms. The second-order valence-electron chi connectivity index (χ2n) is 6.77. The second-order valence-corrected chi connectivity index (χ2v) is 6.77. The molecule has 3 nitrogen and oxygen atoms in total. The van der Waals surface area contributed by atoms with Gasteiger partial charge in [-0.25, -0.2) is 0 Å². The number of aliphatic hydroxyl groups is 1. The molecule has 2 fully saturated rings. The van der Waals surface area contributed by atoms with E-state index in [0.29, 0.717) is 6.04 Å². The van der Waals surface area contributed by atoms with E-state index < -0.39 is 5.60 Å². The lowest BCUT2D eigenvalue weighted by atomic mass is 9.88. The van der Waals surface area contributed by atoms with E-state index in [1.807, 2.05) is 13.8 Å². The molecule has 0 radical (unpaired) electrons. The molecule has 0 bridgehead atoms. The molecule has 2 rings (SSSR count). The molecule has 106 valence electrons. The third-order valence-corrected chi connectivity index (χ3v) is 4.58. The van der Waals surface area contributed by atoms with Crippen LogP contribution in [0.1, 0.15) is 58.8 Å². The van der Waals surface area contributed by atoms with Crippen molar-refractivity contribution in [1.29, 1.82) is 0 Å². The molecule has 0 aromatic rings. The molecule has 1 heterocycles. The summed E-state index contributed by atoms with van der Waals surface area (Å²) in [6.45, 7) is 5.93. The molecule has 3 heteroatoms. The summed E-state index contributed by atoms with van der Waals surface area (Å²) in [5, 5.41) is 17.1. The first kappa shape index (κ1) is 14.3. The molecule has 0 aromatic heterocycles. The van der Waals surface area contributed by atoms with Crippen LogP contribution in [-0.4, -0.2) is 35.9 Å². The smallest absolute Gasteiger partial charge is 0.0603 e. The van der Waals surface area contributed by atoms with Crippen molar-refractivity contribution in [3.05, 3.63) is 0 Å². The average Bonchev–Trinajstić information content (AvgIpc) is 2.77. The van der Waals surface area contributed by atoms with Gasteiger partial charge in [0, 0.05) is 12.1 Å². The Morgan fingerprint density at radius 1 is 1.17 bits per heavy atom. The third-order valence-electron chi connectivity index (χ3n) is 4.58. The van der Waals surface area contributed by atoms with Crippen LogP contribution in [0.5, 0.6) is 0 Å². The monoisotopic (exact) mass is 254 g/mol. The Bertz CT molecular complexity index is 243. The van der Waals surface area contributed by atoms with E-state index in [1.165, 1.54) is 45.1 Å². The predicted molar refractivity (Wildman–Crippen MR) is 75.7 cm³/mol. The van der Waals surface area contributed by atoms with E-state index in [4.69, 9.17) is 0 Å². The van der Waals surface area contributed by atoms with Crippen molar-refractivity contribution in [3.63, 3.8) is 0 Å². The number of hydrogen-bond donors (Lipinski definition) is 3. The number of hydrogen-bond acceptors (Lipinski definition) is 3. The van der Waals surface area contributed by atoms with Gasteiger partial charge in [-0.1, -0.05) is 12.8 Å². The third kappa shape index (κ3) is 4.22. The Morgan fingerprint density at radius 3 is 2.67 bits per heavy atom. The van der Waals surface area contributed by atoms with Crippen molar-refractivity contribution in [2.24, 2.45) is 5.92 Å².